The average molecular weight is 266 g/mol. The van der Waals surface area contributed by atoms with Crippen molar-refractivity contribution >= 4 is 11.6 Å². The predicted molar refractivity (Wildman–Crippen MR) is 74.2 cm³/mol. The Morgan fingerprint density at radius 1 is 1.53 bits per heavy atom. The molecule has 6 heteroatoms. The van der Waals surface area contributed by atoms with Crippen LogP contribution in [0.3, 0.4) is 0 Å². The van der Waals surface area contributed by atoms with Gasteiger partial charge < -0.3 is 15.4 Å². The van der Waals surface area contributed by atoms with Gasteiger partial charge in [0.2, 0.25) is 11.6 Å². The number of aryl methyl sites for hydroxylation is 1. The minimum absolute atomic E-state index is 0.0628. The molecule has 1 heterocycles. The van der Waals surface area contributed by atoms with Crippen LogP contribution in [0.15, 0.2) is 0 Å². The molecule has 106 valence electrons. The van der Waals surface area contributed by atoms with Crippen LogP contribution in [-0.2, 0) is 7.05 Å². The standard InChI is InChI=1S/C13H22N4O2/c1-5-10-6-7-11(8(10)2)15-12-13(17(18)19)14-9(3)16(12)4/h8,10-11,15H,5-7H2,1-4H3. The molecule has 1 fully saturated rings. The highest BCUT2D eigenvalue weighted by Gasteiger charge is 2.34. The van der Waals surface area contributed by atoms with Crippen LogP contribution in [0, 0.1) is 28.9 Å². The van der Waals surface area contributed by atoms with Crippen LogP contribution in [0.25, 0.3) is 0 Å². The molecular formula is C13H22N4O2. The lowest BCUT2D eigenvalue weighted by Crippen LogP contribution is -2.26. The summed E-state index contributed by atoms with van der Waals surface area (Å²) in [5, 5.41) is 14.4. The first-order chi connectivity index (χ1) is 8.95. The molecule has 0 aliphatic heterocycles. The van der Waals surface area contributed by atoms with Crippen LogP contribution in [-0.4, -0.2) is 20.5 Å². The fourth-order valence-electron chi connectivity index (χ4n) is 3.08. The Kier molecular flexibility index (Phi) is 3.78. The van der Waals surface area contributed by atoms with E-state index in [-0.39, 0.29) is 5.82 Å². The molecule has 1 aliphatic rings. The third-order valence-corrected chi connectivity index (χ3v) is 4.55. The number of nitrogens with zero attached hydrogens (tertiary/aromatic N) is 3. The van der Waals surface area contributed by atoms with E-state index in [1.165, 1.54) is 12.8 Å². The summed E-state index contributed by atoms with van der Waals surface area (Å²) in [4.78, 5) is 14.7. The summed E-state index contributed by atoms with van der Waals surface area (Å²) in [7, 11) is 1.81. The molecule has 0 saturated heterocycles. The number of hydrogen-bond donors (Lipinski definition) is 1. The lowest BCUT2D eigenvalue weighted by Gasteiger charge is -2.21. The third-order valence-electron chi connectivity index (χ3n) is 4.55. The minimum atomic E-state index is -0.410. The van der Waals surface area contributed by atoms with E-state index in [1.54, 1.807) is 11.5 Å². The van der Waals surface area contributed by atoms with Gasteiger partial charge in [0.05, 0.1) is 0 Å². The Labute approximate surface area is 113 Å². The predicted octanol–water partition coefficient (Wildman–Crippen LogP) is 2.87. The Bertz CT molecular complexity index is 483. The first-order valence-corrected chi connectivity index (χ1v) is 6.89. The molecule has 0 radical (unpaired) electrons. The van der Waals surface area contributed by atoms with Gasteiger partial charge >= 0.3 is 5.82 Å². The molecule has 0 aromatic carbocycles. The van der Waals surface area contributed by atoms with Gasteiger partial charge in [-0.1, -0.05) is 20.3 Å². The lowest BCUT2D eigenvalue weighted by molar-refractivity contribution is -0.388. The smallest absolute Gasteiger partial charge is 0.361 e. The molecule has 6 nitrogen and oxygen atoms in total. The third kappa shape index (κ3) is 2.43. The zero-order chi connectivity index (χ0) is 14.2. The zero-order valence-corrected chi connectivity index (χ0v) is 12.0. The van der Waals surface area contributed by atoms with Gasteiger partial charge in [0, 0.05) is 20.0 Å². The number of hydrogen-bond acceptors (Lipinski definition) is 4. The quantitative estimate of drug-likeness (QED) is 0.671. The van der Waals surface area contributed by atoms with Crippen molar-refractivity contribution in [3.05, 3.63) is 15.9 Å². The highest BCUT2D eigenvalue weighted by atomic mass is 16.6. The zero-order valence-electron chi connectivity index (χ0n) is 12.0. The maximum absolute atomic E-state index is 11.1. The Morgan fingerprint density at radius 2 is 2.21 bits per heavy atom. The van der Waals surface area contributed by atoms with Crippen molar-refractivity contribution in [3.8, 4) is 0 Å². The van der Waals surface area contributed by atoms with Crippen molar-refractivity contribution in [3.63, 3.8) is 0 Å². The highest BCUT2D eigenvalue weighted by molar-refractivity contribution is 5.54. The van der Waals surface area contributed by atoms with Crippen molar-refractivity contribution in [2.24, 2.45) is 18.9 Å². The molecular weight excluding hydrogens is 244 g/mol. The Hall–Kier alpha value is -1.59. The van der Waals surface area contributed by atoms with Gasteiger partial charge in [-0.3, -0.25) is 4.57 Å². The summed E-state index contributed by atoms with van der Waals surface area (Å²) < 4.78 is 1.77. The monoisotopic (exact) mass is 266 g/mol. The normalized spacial score (nSPS) is 26.6. The van der Waals surface area contributed by atoms with Crippen LogP contribution in [0.2, 0.25) is 0 Å². The fourth-order valence-corrected chi connectivity index (χ4v) is 3.08. The van der Waals surface area contributed by atoms with Crippen LogP contribution in [0.4, 0.5) is 11.6 Å². The summed E-state index contributed by atoms with van der Waals surface area (Å²) in [6.45, 7) is 6.22. The molecule has 1 aromatic rings. The van der Waals surface area contributed by atoms with Gasteiger partial charge in [-0.25, -0.2) is 0 Å². The molecule has 0 bridgehead atoms. The van der Waals surface area contributed by atoms with E-state index in [1.807, 2.05) is 7.05 Å². The van der Waals surface area contributed by atoms with Gasteiger partial charge in [-0.15, -0.1) is 0 Å². The van der Waals surface area contributed by atoms with E-state index in [0.29, 0.717) is 29.5 Å². The summed E-state index contributed by atoms with van der Waals surface area (Å²) in [5.74, 6) is 2.39. The molecule has 3 unspecified atom stereocenters. The van der Waals surface area contributed by atoms with Crippen LogP contribution in [0.1, 0.15) is 38.9 Å². The van der Waals surface area contributed by atoms with Gasteiger partial charge in [-0.05, 0) is 34.6 Å². The topological polar surface area (TPSA) is 73.0 Å². The summed E-state index contributed by atoms with van der Waals surface area (Å²) in [6.07, 6.45) is 3.44. The van der Waals surface area contributed by atoms with Gasteiger partial charge in [0.25, 0.3) is 0 Å². The van der Waals surface area contributed by atoms with E-state index in [2.05, 4.69) is 24.1 Å². The van der Waals surface area contributed by atoms with Gasteiger partial charge in [-0.2, -0.15) is 0 Å². The second-order valence-electron chi connectivity index (χ2n) is 5.50. The Morgan fingerprint density at radius 3 is 2.74 bits per heavy atom. The molecule has 3 atom stereocenters. The van der Waals surface area contributed by atoms with Crippen LogP contribution >= 0.6 is 0 Å². The number of anilines is 1. The maximum atomic E-state index is 11.1. The SMILES string of the molecule is CCC1CCC(Nc2c([N+](=O)[O-])nc(C)n2C)C1C. The van der Waals surface area contributed by atoms with Crippen molar-refractivity contribution in [2.45, 2.75) is 46.1 Å². The fraction of sp³-hybridized carbons (Fsp3) is 0.769. The molecule has 2 rings (SSSR count). The van der Waals surface area contributed by atoms with E-state index < -0.39 is 4.92 Å². The lowest BCUT2D eigenvalue weighted by atomic mass is 9.93. The second-order valence-corrected chi connectivity index (χ2v) is 5.50. The number of nitrogens with one attached hydrogen (secondary N) is 1. The number of imidazole rings is 1. The van der Waals surface area contributed by atoms with Crippen LogP contribution < -0.4 is 5.32 Å². The van der Waals surface area contributed by atoms with Crippen molar-refractivity contribution in [2.75, 3.05) is 5.32 Å². The summed E-state index contributed by atoms with van der Waals surface area (Å²) >= 11 is 0. The number of nitro groups is 1. The van der Waals surface area contributed by atoms with E-state index in [9.17, 15) is 10.1 Å². The van der Waals surface area contributed by atoms with E-state index >= 15 is 0 Å². The largest absolute Gasteiger partial charge is 0.406 e. The van der Waals surface area contributed by atoms with Gasteiger partial charge in [0.1, 0.15) is 0 Å². The average Bonchev–Trinajstić information content (AvgIpc) is 2.85. The van der Waals surface area contributed by atoms with Crippen molar-refractivity contribution in [1.29, 1.82) is 0 Å². The molecule has 0 amide bonds. The Balaban J connectivity index is 2.22. The first-order valence-electron chi connectivity index (χ1n) is 6.89. The minimum Gasteiger partial charge on any atom is -0.361 e. The molecule has 19 heavy (non-hydrogen) atoms. The van der Waals surface area contributed by atoms with Crippen molar-refractivity contribution < 1.29 is 4.92 Å². The van der Waals surface area contributed by atoms with Crippen molar-refractivity contribution in [1.82, 2.24) is 9.55 Å². The maximum Gasteiger partial charge on any atom is 0.406 e. The molecule has 1 aromatic heterocycles. The summed E-state index contributed by atoms with van der Waals surface area (Å²) in [6, 6.07) is 0.304. The summed E-state index contributed by atoms with van der Waals surface area (Å²) in [5.41, 5.74) is 0. The van der Waals surface area contributed by atoms with Crippen LogP contribution in [0.5, 0.6) is 0 Å². The molecule has 1 saturated carbocycles. The first kappa shape index (κ1) is 13.8. The molecule has 1 N–H and O–H groups in total. The molecule has 0 spiro atoms. The van der Waals surface area contributed by atoms with E-state index in [0.717, 1.165) is 6.42 Å². The van der Waals surface area contributed by atoms with Gasteiger partial charge in [0.15, 0.2) is 0 Å². The van der Waals surface area contributed by atoms with E-state index in [4.69, 9.17) is 0 Å². The second kappa shape index (κ2) is 5.19. The number of aromatic nitrogens is 2. The highest BCUT2D eigenvalue weighted by Crippen LogP contribution is 2.37. The number of rotatable bonds is 4. The molecule has 1 aliphatic carbocycles.